The van der Waals surface area contributed by atoms with Gasteiger partial charge in [0.15, 0.2) is 5.65 Å². The highest BCUT2D eigenvalue weighted by atomic mass is 19.4. The van der Waals surface area contributed by atoms with Crippen LogP contribution >= 0.6 is 0 Å². The zero-order valence-corrected chi connectivity index (χ0v) is 20.6. The van der Waals surface area contributed by atoms with Crippen molar-refractivity contribution >= 4 is 28.9 Å². The third-order valence-corrected chi connectivity index (χ3v) is 5.52. The maximum atomic E-state index is 12.9. The molecule has 0 spiro atoms. The zero-order chi connectivity index (χ0) is 27.6. The molecular formula is C26H21F3N8O2. The number of fused-ring (bicyclic) bond motifs is 1. The number of urea groups is 1. The molecule has 10 nitrogen and oxygen atoms in total. The minimum atomic E-state index is -4.51. The van der Waals surface area contributed by atoms with Gasteiger partial charge in [0.05, 0.1) is 29.8 Å². The van der Waals surface area contributed by atoms with Gasteiger partial charge in [0, 0.05) is 31.5 Å². The molecule has 5 aromatic rings. The van der Waals surface area contributed by atoms with Gasteiger partial charge in [-0.3, -0.25) is 0 Å². The third-order valence-electron chi connectivity index (χ3n) is 5.52. The number of carbonyl (C=O) groups is 1. The van der Waals surface area contributed by atoms with E-state index in [-0.39, 0.29) is 17.4 Å². The highest BCUT2D eigenvalue weighted by Crippen LogP contribution is 2.31. The van der Waals surface area contributed by atoms with E-state index in [0.717, 1.165) is 34.7 Å². The highest BCUT2D eigenvalue weighted by molar-refractivity contribution is 5.99. The molecule has 2 aromatic carbocycles. The summed E-state index contributed by atoms with van der Waals surface area (Å²) in [5, 5.41) is 9.16. The van der Waals surface area contributed by atoms with Crippen LogP contribution in [0.5, 0.6) is 11.8 Å². The summed E-state index contributed by atoms with van der Waals surface area (Å²) in [5.74, 6) is 1.30. The Bertz CT molecular complexity index is 1620. The molecular weight excluding hydrogens is 513 g/mol. The fourth-order valence-electron chi connectivity index (χ4n) is 3.62. The monoisotopic (exact) mass is 534 g/mol. The average Bonchev–Trinajstić information content (AvgIpc) is 3.33. The molecule has 0 bridgehead atoms. The molecule has 0 radical (unpaired) electrons. The Morgan fingerprint density at radius 2 is 1.67 bits per heavy atom. The first-order valence-corrected chi connectivity index (χ1v) is 11.5. The minimum Gasteiger partial charge on any atom is -0.424 e. The second kappa shape index (κ2) is 10.3. The number of nitrogens with zero attached hydrogens (tertiary/aromatic N) is 6. The predicted octanol–water partition coefficient (Wildman–Crippen LogP) is 5.71. The molecule has 2 amide bonds. The molecule has 0 aliphatic carbocycles. The van der Waals surface area contributed by atoms with E-state index in [1.165, 1.54) is 24.5 Å². The lowest BCUT2D eigenvalue weighted by molar-refractivity contribution is -0.137. The lowest BCUT2D eigenvalue weighted by atomic mass is 10.1. The molecule has 0 aliphatic heterocycles. The number of amides is 2. The lowest BCUT2D eigenvalue weighted by Gasteiger charge is -2.11. The Morgan fingerprint density at radius 1 is 0.949 bits per heavy atom. The van der Waals surface area contributed by atoms with Crippen molar-refractivity contribution in [3.8, 4) is 22.9 Å². The molecule has 2 N–H and O–H groups in total. The van der Waals surface area contributed by atoms with Crippen LogP contribution in [0.4, 0.5) is 35.2 Å². The summed E-state index contributed by atoms with van der Waals surface area (Å²) in [7, 11) is 3.84. The van der Waals surface area contributed by atoms with Crippen molar-refractivity contribution in [2.75, 3.05) is 29.6 Å². The smallest absolute Gasteiger partial charge is 0.416 e. The summed E-state index contributed by atoms with van der Waals surface area (Å²) in [5.41, 5.74) is 1.82. The van der Waals surface area contributed by atoms with Crippen molar-refractivity contribution in [3.05, 3.63) is 84.9 Å². The van der Waals surface area contributed by atoms with Crippen molar-refractivity contribution in [2.45, 2.75) is 6.18 Å². The van der Waals surface area contributed by atoms with E-state index in [1.807, 2.05) is 43.4 Å². The Morgan fingerprint density at radius 3 is 2.36 bits per heavy atom. The highest BCUT2D eigenvalue weighted by Gasteiger charge is 2.30. The van der Waals surface area contributed by atoms with E-state index in [1.54, 1.807) is 22.8 Å². The number of anilines is 3. The van der Waals surface area contributed by atoms with Gasteiger partial charge >= 0.3 is 18.2 Å². The molecule has 13 heteroatoms. The van der Waals surface area contributed by atoms with Gasteiger partial charge in [-0.05, 0) is 42.0 Å². The molecule has 0 saturated carbocycles. The first kappa shape index (κ1) is 25.4. The Kier molecular flexibility index (Phi) is 6.71. The maximum absolute atomic E-state index is 12.9. The molecule has 198 valence electrons. The SMILES string of the molecule is CN(C)c1ccn2ncc(-c3ccc(Oc4ncc(NC(=O)Nc5cccc(C(F)(F)F)c5)cn4)cc3)c2n1. The van der Waals surface area contributed by atoms with E-state index >= 15 is 0 Å². The van der Waals surface area contributed by atoms with Crippen LogP contribution < -0.4 is 20.3 Å². The number of hydrogen-bond acceptors (Lipinski definition) is 7. The quantitative estimate of drug-likeness (QED) is 0.287. The van der Waals surface area contributed by atoms with E-state index in [2.05, 4.69) is 30.7 Å². The Hall–Kier alpha value is -5.20. The van der Waals surface area contributed by atoms with Crippen LogP contribution in [0, 0.1) is 0 Å². The van der Waals surface area contributed by atoms with Gasteiger partial charge in [-0.2, -0.15) is 18.3 Å². The Balaban J connectivity index is 1.21. The summed E-state index contributed by atoms with van der Waals surface area (Å²) in [4.78, 5) is 26.9. The first-order chi connectivity index (χ1) is 18.7. The molecule has 0 unspecified atom stereocenters. The minimum absolute atomic E-state index is 0.00955. The predicted molar refractivity (Wildman–Crippen MR) is 139 cm³/mol. The Labute approximate surface area is 220 Å². The standard InChI is InChI=1S/C26H21F3N8O2/c1-36(2)22-10-11-37-23(35-22)21(15-32-37)16-6-8-20(9-7-16)39-25-30-13-19(14-31-25)34-24(38)33-18-5-3-4-17(12-18)26(27,28)29/h3-15H,1-2H3,(H2,33,34,38). The zero-order valence-electron chi connectivity index (χ0n) is 20.6. The van der Waals surface area contributed by atoms with Crippen LogP contribution in [0.1, 0.15) is 5.56 Å². The number of benzene rings is 2. The summed E-state index contributed by atoms with van der Waals surface area (Å²) in [6.45, 7) is 0. The number of aromatic nitrogens is 5. The van der Waals surface area contributed by atoms with Gasteiger partial charge in [0.1, 0.15) is 11.6 Å². The summed E-state index contributed by atoms with van der Waals surface area (Å²) in [6, 6.07) is 12.7. The van der Waals surface area contributed by atoms with Gasteiger partial charge in [-0.15, -0.1) is 0 Å². The number of nitrogens with one attached hydrogen (secondary N) is 2. The largest absolute Gasteiger partial charge is 0.424 e. The summed E-state index contributed by atoms with van der Waals surface area (Å²) in [6.07, 6.45) is 1.71. The van der Waals surface area contributed by atoms with Crippen LogP contribution in [0.2, 0.25) is 0 Å². The maximum Gasteiger partial charge on any atom is 0.416 e. The number of alkyl halides is 3. The molecule has 0 atom stereocenters. The van der Waals surface area contributed by atoms with Crippen molar-refractivity contribution < 1.29 is 22.7 Å². The number of hydrogen-bond donors (Lipinski definition) is 2. The number of carbonyl (C=O) groups excluding carboxylic acids is 1. The fraction of sp³-hybridized carbons (Fsp3) is 0.115. The molecule has 3 heterocycles. The summed E-state index contributed by atoms with van der Waals surface area (Å²) < 4.78 is 46.0. The van der Waals surface area contributed by atoms with Crippen molar-refractivity contribution in [3.63, 3.8) is 0 Å². The number of rotatable bonds is 6. The van der Waals surface area contributed by atoms with Crippen LogP contribution in [0.3, 0.4) is 0 Å². The van der Waals surface area contributed by atoms with Crippen LogP contribution in [0.25, 0.3) is 16.8 Å². The van der Waals surface area contributed by atoms with Gasteiger partial charge in [0.25, 0.3) is 0 Å². The second-order valence-corrected chi connectivity index (χ2v) is 8.55. The fourth-order valence-corrected chi connectivity index (χ4v) is 3.62. The van der Waals surface area contributed by atoms with Crippen molar-refractivity contribution in [2.24, 2.45) is 0 Å². The van der Waals surface area contributed by atoms with Gasteiger partial charge in [-0.1, -0.05) is 18.2 Å². The normalized spacial score (nSPS) is 11.3. The van der Waals surface area contributed by atoms with E-state index in [9.17, 15) is 18.0 Å². The molecule has 3 aromatic heterocycles. The van der Waals surface area contributed by atoms with Crippen LogP contribution in [0.15, 0.2) is 79.4 Å². The number of halogens is 3. The first-order valence-electron chi connectivity index (χ1n) is 11.5. The topological polar surface area (TPSA) is 110 Å². The second-order valence-electron chi connectivity index (χ2n) is 8.55. The lowest BCUT2D eigenvalue weighted by Crippen LogP contribution is -2.20. The van der Waals surface area contributed by atoms with E-state index in [0.29, 0.717) is 5.75 Å². The molecule has 0 aliphatic rings. The van der Waals surface area contributed by atoms with Gasteiger partial charge in [0.2, 0.25) is 0 Å². The van der Waals surface area contributed by atoms with E-state index < -0.39 is 17.8 Å². The van der Waals surface area contributed by atoms with E-state index in [4.69, 9.17) is 4.74 Å². The van der Waals surface area contributed by atoms with Gasteiger partial charge in [-0.25, -0.2) is 24.3 Å². The summed E-state index contributed by atoms with van der Waals surface area (Å²) >= 11 is 0. The third kappa shape index (κ3) is 5.87. The average molecular weight is 535 g/mol. The van der Waals surface area contributed by atoms with Crippen LogP contribution in [-0.2, 0) is 6.18 Å². The molecule has 39 heavy (non-hydrogen) atoms. The van der Waals surface area contributed by atoms with Crippen LogP contribution in [-0.4, -0.2) is 44.7 Å². The van der Waals surface area contributed by atoms with Gasteiger partial charge < -0.3 is 20.3 Å². The molecule has 0 saturated heterocycles. The van der Waals surface area contributed by atoms with Crippen molar-refractivity contribution in [1.29, 1.82) is 0 Å². The van der Waals surface area contributed by atoms with Crippen molar-refractivity contribution in [1.82, 2.24) is 24.6 Å². The molecule has 5 rings (SSSR count). The molecule has 0 fully saturated rings. The number of ether oxygens (including phenoxy) is 1.